The average Bonchev–Trinajstić information content (AvgIpc) is 3.19. The normalized spacial score (nSPS) is 24.0. The van der Waals surface area contributed by atoms with Gasteiger partial charge in [-0.3, -0.25) is 14.5 Å². The number of rotatable bonds is 5. The standard InChI is InChI=1S/C14H24N6O3/c21-13-10-18(9-12-8-15-17-16-12)5-6-19(11-13)14(22)2-4-20-3-1-7-23-20/h8,13,21H,1-7,9-11H2,(H,15,16,17). The van der Waals surface area contributed by atoms with Crippen molar-refractivity contribution >= 4 is 5.91 Å². The summed E-state index contributed by atoms with van der Waals surface area (Å²) in [5.41, 5.74) is 0.836. The lowest BCUT2D eigenvalue weighted by Gasteiger charge is -2.23. The number of aromatic nitrogens is 3. The van der Waals surface area contributed by atoms with Crippen LogP contribution in [0.3, 0.4) is 0 Å². The predicted molar refractivity (Wildman–Crippen MR) is 81.0 cm³/mol. The Labute approximate surface area is 135 Å². The molecule has 9 nitrogen and oxygen atoms in total. The fourth-order valence-electron chi connectivity index (χ4n) is 3.01. The Balaban J connectivity index is 1.47. The lowest BCUT2D eigenvalue weighted by molar-refractivity contribution is -0.139. The van der Waals surface area contributed by atoms with E-state index >= 15 is 0 Å². The summed E-state index contributed by atoms with van der Waals surface area (Å²) in [5, 5.41) is 22.4. The van der Waals surface area contributed by atoms with Gasteiger partial charge >= 0.3 is 0 Å². The summed E-state index contributed by atoms with van der Waals surface area (Å²) >= 11 is 0. The zero-order valence-electron chi connectivity index (χ0n) is 13.2. The average molecular weight is 324 g/mol. The van der Waals surface area contributed by atoms with Gasteiger partial charge in [0, 0.05) is 52.2 Å². The maximum atomic E-state index is 12.4. The number of hydrogen-bond acceptors (Lipinski definition) is 7. The van der Waals surface area contributed by atoms with Crippen LogP contribution in [0.15, 0.2) is 6.20 Å². The molecule has 2 fully saturated rings. The summed E-state index contributed by atoms with van der Waals surface area (Å²) in [6, 6.07) is 0. The maximum Gasteiger partial charge on any atom is 0.224 e. The van der Waals surface area contributed by atoms with Gasteiger partial charge < -0.3 is 10.0 Å². The molecule has 1 unspecified atom stereocenters. The highest BCUT2D eigenvalue weighted by Gasteiger charge is 2.25. The molecule has 0 aliphatic carbocycles. The molecule has 23 heavy (non-hydrogen) atoms. The van der Waals surface area contributed by atoms with Crippen LogP contribution in [0.5, 0.6) is 0 Å². The first kappa shape index (κ1) is 16.3. The van der Waals surface area contributed by atoms with Gasteiger partial charge in [-0.15, -0.1) is 0 Å². The number of H-pyrrole nitrogens is 1. The van der Waals surface area contributed by atoms with Crippen molar-refractivity contribution in [3.63, 3.8) is 0 Å². The van der Waals surface area contributed by atoms with Crippen molar-refractivity contribution < 1.29 is 14.7 Å². The molecule has 1 atom stereocenters. The van der Waals surface area contributed by atoms with Gasteiger partial charge in [-0.25, -0.2) is 0 Å². The number of carbonyl (C=O) groups excluding carboxylic acids is 1. The van der Waals surface area contributed by atoms with Gasteiger partial charge in [0.15, 0.2) is 0 Å². The zero-order valence-corrected chi connectivity index (χ0v) is 13.2. The third-order valence-corrected chi connectivity index (χ3v) is 4.19. The largest absolute Gasteiger partial charge is 0.390 e. The first-order chi connectivity index (χ1) is 11.2. The van der Waals surface area contributed by atoms with Crippen LogP contribution in [-0.4, -0.2) is 93.3 Å². The van der Waals surface area contributed by atoms with Crippen molar-refractivity contribution in [3.8, 4) is 0 Å². The molecule has 0 spiro atoms. The first-order valence-electron chi connectivity index (χ1n) is 8.11. The molecule has 128 valence electrons. The second-order valence-electron chi connectivity index (χ2n) is 6.06. The van der Waals surface area contributed by atoms with E-state index in [1.54, 1.807) is 11.1 Å². The topological polar surface area (TPSA) is 97.8 Å². The Bertz CT molecular complexity index is 491. The number of aliphatic hydroxyl groups is 1. The van der Waals surface area contributed by atoms with Gasteiger partial charge in [-0.1, -0.05) is 0 Å². The molecule has 0 radical (unpaired) electrons. The molecule has 0 saturated carbocycles. The number of hydroxylamine groups is 2. The molecule has 2 N–H and O–H groups in total. The highest BCUT2D eigenvalue weighted by Crippen LogP contribution is 2.10. The molecule has 2 saturated heterocycles. The second kappa shape index (κ2) is 7.82. The number of β-amino-alcohol motifs (C(OH)–C–C–N with tert-alkyl or cyclic N) is 1. The molecule has 2 aliphatic rings. The smallest absolute Gasteiger partial charge is 0.224 e. The van der Waals surface area contributed by atoms with E-state index in [9.17, 15) is 9.90 Å². The van der Waals surface area contributed by atoms with Crippen LogP contribution < -0.4 is 0 Å². The maximum absolute atomic E-state index is 12.4. The van der Waals surface area contributed by atoms with E-state index < -0.39 is 6.10 Å². The molecule has 1 aromatic rings. The van der Waals surface area contributed by atoms with Crippen LogP contribution in [0, 0.1) is 0 Å². The van der Waals surface area contributed by atoms with Crippen molar-refractivity contribution in [2.75, 3.05) is 45.9 Å². The van der Waals surface area contributed by atoms with E-state index in [0.717, 1.165) is 31.8 Å². The molecular formula is C14H24N6O3. The van der Waals surface area contributed by atoms with Crippen LogP contribution in [0.4, 0.5) is 0 Å². The van der Waals surface area contributed by atoms with Gasteiger partial charge in [0.2, 0.25) is 5.91 Å². The number of amides is 1. The van der Waals surface area contributed by atoms with Gasteiger partial charge in [0.25, 0.3) is 0 Å². The Morgan fingerprint density at radius 1 is 1.39 bits per heavy atom. The van der Waals surface area contributed by atoms with Gasteiger partial charge in [-0.2, -0.15) is 20.5 Å². The SMILES string of the molecule is O=C(CCN1CCCO1)N1CCN(Cc2cn[nH]n2)CC(O)C1. The van der Waals surface area contributed by atoms with E-state index in [4.69, 9.17) is 4.84 Å². The molecule has 2 aliphatic heterocycles. The molecule has 1 amide bonds. The van der Waals surface area contributed by atoms with Crippen molar-refractivity contribution in [3.05, 3.63) is 11.9 Å². The van der Waals surface area contributed by atoms with E-state index in [-0.39, 0.29) is 5.91 Å². The van der Waals surface area contributed by atoms with E-state index in [1.807, 2.05) is 5.06 Å². The predicted octanol–water partition coefficient (Wildman–Crippen LogP) is -1.16. The molecular weight excluding hydrogens is 300 g/mol. The zero-order chi connectivity index (χ0) is 16.1. The minimum atomic E-state index is -0.545. The quantitative estimate of drug-likeness (QED) is 0.705. The van der Waals surface area contributed by atoms with Gasteiger partial charge in [0.1, 0.15) is 0 Å². The molecule has 3 heterocycles. The van der Waals surface area contributed by atoms with Crippen LogP contribution >= 0.6 is 0 Å². The molecule has 0 aromatic carbocycles. The minimum Gasteiger partial charge on any atom is -0.390 e. The van der Waals surface area contributed by atoms with Crippen LogP contribution in [0.25, 0.3) is 0 Å². The van der Waals surface area contributed by atoms with E-state index in [1.165, 1.54) is 0 Å². The van der Waals surface area contributed by atoms with Gasteiger partial charge in [-0.05, 0) is 6.42 Å². The van der Waals surface area contributed by atoms with Crippen molar-refractivity contribution in [2.45, 2.75) is 25.5 Å². The molecule has 1 aromatic heterocycles. The van der Waals surface area contributed by atoms with Crippen molar-refractivity contribution in [1.82, 2.24) is 30.3 Å². The first-order valence-corrected chi connectivity index (χ1v) is 8.11. The summed E-state index contributed by atoms with van der Waals surface area (Å²) in [5.74, 6) is 0.0721. The number of nitrogens with one attached hydrogen (secondary N) is 1. The fourth-order valence-corrected chi connectivity index (χ4v) is 3.01. The second-order valence-corrected chi connectivity index (χ2v) is 6.06. The fraction of sp³-hybridized carbons (Fsp3) is 0.786. The number of aliphatic hydroxyl groups excluding tert-OH is 1. The lowest BCUT2D eigenvalue weighted by atomic mass is 10.3. The molecule has 3 rings (SSSR count). The highest BCUT2D eigenvalue weighted by atomic mass is 16.7. The van der Waals surface area contributed by atoms with E-state index in [2.05, 4.69) is 20.3 Å². The number of carbonyl (C=O) groups is 1. The van der Waals surface area contributed by atoms with Crippen LogP contribution in [0.2, 0.25) is 0 Å². The Morgan fingerprint density at radius 3 is 3.04 bits per heavy atom. The highest BCUT2D eigenvalue weighted by molar-refractivity contribution is 5.76. The third-order valence-electron chi connectivity index (χ3n) is 4.19. The number of hydrogen-bond donors (Lipinski definition) is 2. The third kappa shape index (κ3) is 4.71. The summed E-state index contributed by atoms with van der Waals surface area (Å²) < 4.78 is 0. The van der Waals surface area contributed by atoms with Crippen LogP contribution in [0.1, 0.15) is 18.5 Å². The van der Waals surface area contributed by atoms with Crippen molar-refractivity contribution in [1.29, 1.82) is 0 Å². The Hall–Kier alpha value is -1.55. The Kier molecular flexibility index (Phi) is 5.55. The summed E-state index contributed by atoms with van der Waals surface area (Å²) in [6.45, 7) is 5.13. The summed E-state index contributed by atoms with van der Waals surface area (Å²) in [6.07, 6.45) is 2.58. The summed E-state index contributed by atoms with van der Waals surface area (Å²) in [7, 11) is 0. The number of nitrogens with zero attached hydrogens (tertiary/aromatic N) is 5. The molecule has 0 bridgehead atoms. The van der Waals surface area contributed by atoms with Crippen LogP contribution in [-0.2, 0) is 16.2 Å². The van der Waals surface area contributed by atoms with Crippen molar-refractivity contribution in [2.24, 2.45) is 0 Å². The monoisotopic (exact) mass is 324 g/mol. The Morgan fingerprint density at radius 2 is 2.30 bits per heavy atom. The number of aromatic amines is 1. The van der Waals surface area contributed by atoms with E-state index in [0.29, 0.717) is 39.1 Å². The molecule has 9 heteroatoms. The lowest BCUT2D eigenvalue weighted by Crippen LogP contribution is -2.39. The van der Waals surface area contributed by atoms with Gasteiger partial charge in [0.05, 0.1) is 24.6 Å². The summed E-state index contributed by atoms with van der Waals surface area (Å²) in [4.78, 5) is 21.6. The minimum absolute atomic E-state index is 0.0721.